The van der Waals surface area contributed by atoms with E-state index >= 15 is 0 Å². The van der Waals surface area contributed by atoms with E-state index in [1.165, 1.54) is 15.6 Å². The Hall–Kier alpha value is -1.68. The average Bonchev–Trinajstić information content (AvgIpc) is 2.92. The summed E-state index contributed by atoms with van der Waals surface area (Å²) in [5, 5.41) is 14.4. The zero-order valence-corrected chi connectivity index (χ0v) is 12.8. The maximum atomic E-state index is 11.1. The molecular formula is C18H18O2S. The first-order valence-corrected chi connectivity index (χ1v) is 7.83. The molecule has 0 spiro atoms. The van der Waals surface area contributed by atoms with E-state index in [-0.39, 0.29) is 6.61 Å². The second-order valence-corrected chi connectivity index (χ2v) is 6.18. The molecule has 3 heteroatoms. The van der Waals surface area contributed by atoms with Crippen LogP contribution in [-0.4, -0.2) is 18.8 Å². The summed E-state index contributed by atoms with van der Waals surface area (Å²) in [6.45, 7) is 0.279. The minimum atomic E-state index is -1.00. The van der Waals surface area contributed by atoms with E-state index in [4.69, 9.17) is 4.74 Å². The van der Waals surface area contributed by atoms with Gasteiger partial charge in [0.05, 0.1) is 6.61 Å². The number of benzene rings is 2. The molecule has 2 aromatic carbocycles. The lowest BCUT2D eigenvalue weighted by Crippen LogP contribution is -2.33. The molecule has 1 heterocycles. The Morgan fingerprint density at radius 1 is 1.05 bits per heavy atom. The first-order chi connectivity index (χ1) is 10.2. The number of hydrogen-bond donors (Lipinski definition) is 1. The molecule has 3 rings (SSSR count). The third-order valence-corrected chi connectivity index (χ3v) is 4.75. The van der Waals surface area contributed by atoms with Crippen LogP contribution < -0.4 is 0 Å². The molecule has 108 valence electrons. The van der Waals surface area contributed by atoms with Crippen molar-refractivity contribution in [3.63, 3.8) is 0 Å². The summed E-state index contributed by atoms with van der Waals surface area (Å²) in [5.74, 6) is 0. The predicted molar refractivity (Wildman–Crippen MR) is 87.7 cm³/mol. The van der Waals surface area contributed by atoms with Gasteiger partial charge in [-0.1, -0.05) is 48.5 Å². The van der Waals surface area contributed by atoms with Gasteiger partial charge in [0.1, 0.15) is 5.60 Å². The maximum Gasteiger partial charge on any atom is 0.117 e. The topological polar surface area (TPSA) is 29.5 Å². The molecule has 1 atom stereocenters. The zero-order chi connectivity index (χ0) is 14.7. The van der Waals surface area contributed by atoms with E-state index in [1.54, 1.807) is 18.4 Å². The fraction of sp³-hybridized carbons (Fsp3) is 0.222. The molecule has 1 N–H and O–H groups in total. The standard InChI is InChI=1S/C18H18O2S/c1-20-13-18(19,15-7-3-2-4-8-15)11-14-12-21-17-10-6-5-9-16(14)17/h2-10,12,19H,11,13H2,1H3. The highest BCUT2D eigenvalue weighted by molar-refractivity contribution is 7.17. The van der Waals surface area contributed by atoms with Crippen LogP contribution in [0, 0.1) is 0 Å². The van der Waals surface area contributed by atoms with Crippen LogP contribution in [0.5, 0.6) is 0 Å². The lowest BCUT2D eigenvalue weighted by Gasteiger charge is -2.28. The van der Waals surface area contributed by atoms with E-state index in [0.29, 0.717) is 6.42 Å². The van der Waals surface area contributed by atoms with Crippen LogP contribution in [0.25, 0.3) is 10.1 Å². The van der Waals surface area contributed by atoms with Crippen molar-refractivity contribution in [3.8, 4) is 0 Å². The maximum absolute atomic E-state index is 11.1. The Morgan fingerprint density at radius 3 is 2.52 bits per heavy atom. The van der Waals surface area contributed by atoms with Gasteiger partial charge < -0.3 is 9.84 Å². The molecular weight excluding hydrogens is 280 g/mol. The van der Waals surface area contributed by atoms with Crippen LogP contribution in [0.3, 0.4) is 0 Å². The second kappa shape index (κ2) is 5.98. The molecule has 0 saturated heterocycles. The summed E-state index contributed by atoms with van der Waals surface area (Å²) < 4.78 is 6.53. The molecule has 0 aliphatic rings. The molecule has 0 amide bonds. The molecule has 0 radical (unpaired) electrons. The van der Waals surface area contributed by atoms with Crippen LogP contribution in [0.4, 0.5) is 0 Å². The molecule has 1 aromatic heterocycles. The Morgan fingerprint density at radius 2 is 1.76 bits per heavy atom. The van der Waals surface area contributed by atoms with Crippen molar-refractivity contribution in [2.24, 2.45) is 0 Å². The quantitative estimate of drug-likeness (QED) is 0.772. The molecule has 3 aromatic rings. The van der Waals surface area contributed by atoms with E-state index in [2.05, 4.69) is 17.5 Å². The first kappa shape index (κ1) is 14.3. The fourth-order valence-electron chi connectivity index (χ4n) is 2.71. The molecule has 21 heavy (non-hydrogen) atoms. The minimum absolute atomic E-state index is 0.279. The Kier molecular flexibility index (Phi) is 4.06. The summed E-state index contributed by atoms with van der Waals surface area (Å²) in [6.07, 6.45) is 0.550. The van der Waals surface area contributed by atoms with Crippen LogP contribution in [0.1, 0.15) is 11.1 Å². The molecule has 1 unspecified atom stereocenters. The van der Waals surface area contributed by atoms with Crippen molar-refractivity contribution in [3.05, 3.63) is 71.1 Å². The van der Waals surface area contributed by atoms with Crippen LogP contribution in [0.15, 0.2) is 60.0 Å². The first-order valence-electron chi connectivity index (χ1n) is 6.95. The highest BCUT2D eigenvalue weighted by Crippen LogP contribution is 2.32. The monoisotopic (exact) mass is 298 g/mol. The van der Waals surface area contributed by atoms with Gasteiger partial charge in [-0.2, -0.15) is 0 Å². The summed E-state index contributed by atoms with van der Waals surface area (Å²) in [5.41, 5.74) is 1.06. The summed E-state index contributed by atoms with van der Waals surface area (Å²) >= 11 is 1.72. The summed E-state index contributed by atoms with van der Waals surface area (Å²) in [4.78, 5) is 0. The van der Waals surface area contributed by atoms with Crippen molar-refractivity contribution in [2.75, 3.05) is 13.7 Å². The van der Waals surface area contributed by atoms with Gasteiger partial charge >= 0.3 is 0 Å². The van der Waals surface area contributed by atoms with Crippen LogP contribution >= 0.6 is 11.3 Å². The molecule has 0 aliphatic carbocycles. The number of methoxy groups -OCH3 is 1. The smallest absolute Gasteiger partial charge is 0.117 e. The van der Waals surface area contributed by atoms with Gasteiger partial charge in [-0.05, 0) is 28.0 Å². The van der Waals surface area contributed by atoms with Gasteiger partial charge in [-0.3, -0.25) is 0 Å². The van der Waals surface area contributed by atoms with Gasteiger partial charge in [0, 0.05) is 18.2 Å². The normalized spacial score (nSPS) is 14.2. The Labute approximate surface area is 128 Å². The molecule has 0 bridgehead atoms. The highest BCUT2D eigenvalue weighted by Gasteiger charge is 2.30. The summed E-state index contributed by atoms with van der Waals surface area (Å²) in [6, 6.07) is 18.1. The predicted octanol–water partition coefficient (Wildman–Crippen LogP) is 3.98. The van der Waals surface area contributed by atoms with Crippen molar-refractivity contribution in [2.45, 2.75) is 12.0 Å². The lowest BCUT2D eigenvalue weighted by molar-refractivity contribution is -0.0352. The largest absolute Gasteiger partial charge is 0.382 e. The molecule has 0 saturated carbocycles. The SMILES string of the molecule is COCC(O)(Cc1csc2ccccc12)c1ccccc1. The molecule has 0 aliphatic heterocycles. The fourth-order valence-corrected chi connectivity index (χ4v) is 3.67. The van der Waals surface area contributed by atoms with Crippen molar-refractivity contribution in [1.82, 2.24) is 0 Å². The second-order valence-electron chi connectivity index (χ2n) is 5.26. The number of thiophene rings is 1. The van der Waals surface area contributed by atoms with E-state index in [1.807, 2.05) is 42.5 Å². The van der Waals surface area contributed by atoms with Crippen molar-refractivity contribution < 1.29 is 9.84 Å². The van der Waals surface area contributed by atoms with E-state index < -0.39 is 5.60 Å². The number of hydrogen-bond acceptors (Lipinski definition) is 3. The van der Waals surface area contributed by atoms with E-state index in [9.17, 15) is 5.11 Å². The number of ether oxygens (including phenoxy) is 1. The molecule has 0 fully saturated rings. The average molecular weight is 298 g/mol. The molecule has 2 nitrogen and oxygen atoms in total. The van der Waals surface area contributed by atoms with Gasteiger partial charge in [-0.25, -0.2) is 0 Å². The van der Waals surface area contributed by atoms with Gasteiger partial charge in [0.2, 0.25) is 0 Å². The number of rotatable bonds is 5. The number of aliphatic hydroxyl groups is 1. The number of fused-ring (bicyclic) bond motifs is 1. The van der Waals surface area contributed by atoms with Crippen molar-refractivity contribution >= 4 is 21.4 Å². The van der Waals surface area contributed by atoms with Crippen LogP contribution in [-0.2, 0) is 16.8 Å². The third-order valence-electron chi connectivity index (χ3n) is 3.74. The Balaban J connectivity index is 1.99. The third kappa shape index (κ3) is 2.86. The van der Waals surface area contributed by atoms with Crippen LogP contribution in [0.2, 0.25) is 0 Å². The zero-order valence-electron chi connectivity index (χ0n) is 12.0. The van der Waals surface area contributed by atoms with Gasteiger partial charge in [-0.15, -0.1) is 11.3 Å². The highest BCUT2D eigenvalue weighted by atomic mass is 32.1. The van der Waals surface area contributed by atoms with Gasteiger partial charge in [0.15, 0.2) is 0 Å². The Bertz CT molecular complexity index is 720. The lowest BCUT2D eigenvalue weighted by atomic mass is 9.88. The minimum Gasteiger partial charge on any atom is -0.382 e. The van der Waals surface area contributed by atoms with E-state index in [0.717, 1.165) is 5.56 Å². The summed E-state index contributed by atoms with van der Waals surface area (Å²) in [7, 11) is 1.62. The van der Waals surface area contributed by atoms with Crippen molar-refractivity contribution in [1.29, 1.82) is 0 Å². The van der Waals surface area contributed by atoms with Gasteiger partial charge in [0.25, 0.3) is 0 Å².